The van der Waals surface area contributed by atoms with Gasteiger partial charge in [0, 0.05) is 35.4 Å². The number of nitrogens with zero attached hydrogens (tertiary/aromatic N) is 1. The van der Waals surface area contributed by atoms with E-state index in [1.807, 2.05) is 11.8 Å². The second-order valence-corrected chi connectivity index (χ2v) is 5.57. The van der Waals surface area contributed by atoms with Gasteiger partial charge in [-0.15, -0.1) is 0 Å². The number of anilines is 1. The highest BCUT2D eigenvalue weighted by Gasteiger charge is 2.22. The number of carbonyl (C=O) groups excluding carboxylic acids is 1. The summed E-state index contributed by atoms with van der Waals surface area (Å²) in [5.74, 6) is 0.0266. The van der Waals surface area contributed by atoms with E-state index in [2.05, 4.69) is 15.9 Å². The van der Waals surface area contributed by atoms with E-state index >= 15 is 0 Å². The summed E-state index contributed by atoms with van der Waals surface area (Å²) in [5.41, 5.74) is 7.03. The Balaban J connectivity index is 2.08. The molecule has 0 radical (unpaired) electrons. The van der Waals surface area contributed by atoms with Crippen molar-refractivity contribution in [3.05, 3.63) is 28.2 Å². The number of hydrogen-bond acceptors (Lipinski definition) is 3. The van der Waals surface area contributed by atoms with Gasteiger partial charge in [-0.2, -0.15) is 0 Å². The van der Waals surface area contributed by atoms with Crippen LogP contribution in [0.2, 0.25) is 0 Å². The van der Waals surface area contributed by atoms with Gasteiger partial charge in [0.1, 0.15) is 0 Å². The summed E-state index contributed by atoms with van der Waals surface area (Å²) in [4.78, 5) is 14.3. The molecule has 1 amide bonds. The number of rotatable bonds is 4. The molecule has 0 saturated carbocycles. The molecule has 1 saturated heterocycles. The highest BCUT2D eigenvalue weighted by atomic mass is 79.9. The highest BCUT2D eigenvalue weighted by molar-refractivity contribution is 9.10. The SMILES string of the molecule is CCN(CC1CCCO1)C(=O)c1ccc(N)c(Br)c1. The number of carbonyl (C=O) groups is 1. The number of benzene rings is 1. The number of ether oxygens (including phenoxy) is 1. The second kappa shape index (κ2) is 6.39. The molecule has 0 aromatic heterocycles. The molecule has 1 heterocycles. The zero-order valence-corrected chi connectivity index (χ0v) is 12.6. The third-order valence-electron chi connectivity index (χ3n) is 3.36. The molecule has 0 aliphatic carbocycles. The number of halogens is 1. The molecule has 1 fully saturated rings. The zero-order valence-electron chi connectivity index (χ0n) is 11.1. The number of nitrogens with two attached hydrogens (primary N) is 1. The Bertz CT molecular complexity index is 459. The van der Waals surface area contributed by atoms with Gasteiger partial charge in [0.2, 0.25) is 0 Å². The van der Waals surface area contributed by atoms with E-state index in [0.717, 1.165) is 23.9 Å². The van der Waals surface area contributed by atoms with E-state index in [4.69, 9.17) is 10.5 Å². The van der Waals surface area contributed by atoms with Gasteiger partial charge >= 0.3 is 0 Å². The Morgan fingerprint density at radius 1 is 1.58 bits per heavy atom. The van der Waals surface area contributed by atoms with Crippen molar-refractivity contribution in [2.45, 2.75) is 25.9 Å². The summed E-state index contributed by atoms with van der Waals surface area (Å²) in [5, 5.41) is 0. The monoisotopic (exact) mass is 326 g/mol. The van der Waals surface area contributed by atoms with Crippen molar-refractivity contribution in [1.29, 1.82) is 0 Å². The van der Waals surface area contributed by atoms with Crippen LogP contribution in [-0.2, 0) is 4.74 Å². The first-order chi connectivity index (χ1) is 9.11. The van der Waals surface area contributed by atoms with E-state index in [0.29, 0.717) is 24.3 Å². The fraction of sp³-hybridized carbons (Fsp3) is 0.500. The van der Waals surface area contributed by atoms with Gasteiger partial charge in [-0.25, -0.2) is 0 Å². The molecule has 0 bridgehead atoms. The quantitative estimate of drug-likeness (QED) is 0.865. The molecule has 1 aliphatic rings. The van der Waals surface area contributed by atoms with E-state index in [1.54, 1.807) is 18.2 Å². The van der Waals surface area contributed by atoms with Crippen LogP contribution in [0.15, 0.2) is 22.7 Å². The van der Waals surface area contributed by atoms with E-state index < -0.39 is 0 Å². The summed E-state index contributed by atoms with van der Waals surface area (Å²) < 4.78 is 6.35. The lowest BCUT2D eigenvalue weighted by Gasteiger charge is -2.24. The average Bonchev–Trinajstić information content (AvgIpc) is 2.91. The lowest BCUT2D eigenvalue weighted by atomic mass is 10.1. The van der Waals surface area contributed by atoms with Crippen LogP contribution in [0.5, 0.6) is 0 Å². The van der Waals surface area contributed by atoms with Crippen LogP contribution in [0.4, 0.5) is 5.69 Å². The van der Waals surface area contributed by atoms with Crippen molar-refractivity contribution in [3.63, 3.8) is 0 Å². The van der Waals surface area contributed by atoms with E-state index in [-0.39, 0.29) is 12.0 Å². The summed E-state index contributed by atoms with van der Waals surface area (Å²) in [6.07, 6.45) is 2.31. The highest BCUT2D eigenvalue weighted by Crippen LogP contribution is 2.22. The minimum absolute atomic E-state index is 0.0266. The predicted octanol–water partition coefficient (Wildman–Crippen LogP) is 2.67. The van der Waals surface area contributed by atoms with Gasteiger partial charge in [-0.3, -0.25) is 4.79 Å². The molecule has 2 rings (SSSR count). The molecule has 104 valence electrons. The molecule has 1 aromatic carbocycles. The van der Waals surface area contributed by atoms with Crippen LogP contribution in [0.3, 0.4) is 0 Å². The van der Waals surface area contributed by atoms with Crippen molar-refractivity contribution in [2.24, 2.45) is 0 Å². The summed E-state index contributed by atoms with van der Waals surface area (Å²) in [7, 11) is 0. The Labute approximate surface area is 122 Å². The molecule has 2 N–H and O–H groups in total. The lowest BCUT2D eigenvalue weighted by molar-refractivity contribution is 0.0539. The maximum Gasteiger partial charge on any atom is 0.253 e. The zero-order chi connectivity index (χ0) is 13.8. The minimum Gasteiger partial charge on any atom is -0.398 e. The van der Waals surface area contributed by atoms with Crippen molar-refractivity contribution < 1.29 is 9.53 Å². The maximum absolute atomic E-state index is 12.4. The van der Waals surface area contributed by atoms with Gasteiger partial charge in [0.15, 0.2) is 0 Å². The van der Waals surface area contributed by atoms with E-state index in [9.17, 15) is 4.79 Å². The molecule has 0 spiro atoms. The predicted molar refractivity (Wildman–Crippen MR) is 79.1 cm³/mol. The minimum atomic E-state index is 0.0266. The van der Waals surface area contributed by atoms with Gasteiger partial charge in [0.05, 0.1) is 6.10 Å². The molecular formula is C14H19BrN2O2. The molecule has 5 heteroatoms. The Morgan fingerprint density at radius 3 is 2.95 bits per heavy atom. The summed E-state index contributed by atoms with van der Waals surface area (Å²) in [6.45, 7) is 4.14. The topological polar surface area (TPSA) is 55.6 Å². The Hall–Kier alpha value is -1.07. The second-order valence-electron chi connectivity index (χ2n) is 4.72. The van der Waals surface area contributed by atoms with Crippen molar-refractivity contribution >= 4 is 27.5 Å². The molecule has 4 nitrogen and oxygen atoms in total. The standard InChI is InChI=1S/C14H19BrN2O2/c1-2-17(9-11-4-3-7-19-11)14(18)10-5-6-13(16)12(15)8-10/h5-6,8,11H,2-4,7,9,16H2,1H3. The number of likely N-dealkylation sites (N-methyl/N-ethyl adjacent to an activating group) is 1. The number of nitrogen functional groups attached to an aromatic ring is 1. The summed E-state index contributed by atoms with van der Waals surface area (Å²) >= 11 is 3.35. The first-order valence-electron chi connectivity index (χ1n) is 6.57. The fourth-order valence-electron chi connectivity index (χ4n) is 2.23. The fourth-order valence-corrected chi connectivity index (χ4v) is 2.61. The third-order valence-corrected chi connectivity index (χ3v) is 4.05. The largest absolute Gasteiger partial charge is 0.398 e. The maximum atomic E-state index is 12.4. The molecule has 1 aliphatic heterocycles. The van der Waals surface area contributed by atoms with Crippen LogP contribution in [0.25, 0.3) is 0 Å². The van der Waals surface area contributed by atoms with Crippen LogP contribution in [0, 0.1) is 0 Å². The normalized spacial score (nSPS) is 18.5. The lowest BCUT2D eigenvalue weighted by Crippen LogP contribution is -2.37. The van der Waals surface area contributed by atoms with Gasteiger partial charge < -0.3 is 15.4 Å². The molecular weight excluding hydrogens is 308 g/mol. The van der Waals surface area contributed by atoms with Crippen molar-refractivity contribution in [1.82, 2.24) is 4.90 Å². The third kappa shape index (κ3) is 3.48. The molecule has 1 aromatic rings. The Kier molecular flexibility index (Phi) is 4.82. The van der Waals surface area contributed by atoms with Crippen LogP contribution >= 0.6 is 15.9 Å². The van der Waals surface area contributed by atoms with Crippen molar-refractivity contribution in [2.75, 3.05) is 25.4 Å². The first kappa shape index (κ1) is 14.3. The first-order valence-corrected chi connectivity index (χ1v) is 7.37. The number of hydrogen-bond donors (Lipinski definition) is 1. The van der Waals surface area contributed by atoms with Crippen LogP contribution < -0.4 is 5.73 Å². The Morgan fingerprint density at radius 2 is 2.37 bits per heavy atom. The van der Waals surface area contributed by atoms with Crippen LogP contribution in [-0.4, -0.2) is 36.6 Å². The molecule has 1 unspecified atom stereocenters. The summed E-state index contributed by atoms with van der Waals surface area (Å²) in [6, 6.07) is 5.29. The van der Waals surface area contributed by atoms with Gasteiger partial charge in [-0.1, -0.05) is 0 Å². The number of amides is 1. The smallest absolute Gasteiger partial charge is 0.253 e. The average molecular weight is 327 g/mol. The van der Waals surface area contributed by atoms with Crippen molar-refractivity contribution in [3.8, 4) is 0 Å². The molecule has 19 heavy (non-hydrogen) atoms. The van der Waals surface area contributed by atoms with Gasteiger partial charge in [0.25, 0.3) is 5.91 Å². The van der Waals surface area contributed by atoms with Crippen LogP contribution in [0.1, 0.15) is 30.1 Å². The van der Waals surface area contributed by atoms with E-state index in [1.165, 1.54) is 0 Å². The van der Waals surface area contributed by atoms with Gasteiger partial charge in [-0.05, 0) is 53.9 Å². The molecule has 1 atom stereocenters.